The molecule has 0 spiro atoms. The molecular weight excluding hydrogens is 494 g/mol. The van der Waals surface area contributed by atoms with Crippen LogP contribution < -0.4 is 21.9 Å². The number of anilines is 1. The lowest BCUT2D eigenvalue weighted by Gasteiger charge is -2.21. The molecule has 5 aromatic rings. The summed E-state index contributed by atoms with van der Waals surface area (Å²) >= 11 is 0. The molecule has 0 radical (unpaired) electrons. The van der Waals surface area contributed by atoms with Gasteiger partial charge in [0.2, 0.25) is 5.91 Å². The van der Waals surface area contributed by atoms with E-state index in [4.69, 9.17) is 5.73 Å². The van der Waals surface area contributed by atoms with Crippen LogP contribution in [-0.2, 0) is 4.79 Å². The number of rotatable bonds is 5. The molecule has 0 saturated heterocycles. The van der Waals surface area contributed by atoms with Gasteiger partial charge in [0.15, 0.2) is 5.65 Å². The van der Waals surface area contributed by atoms with Crippen molar-refractivity contribution in [1.29, 1.82) is 0 Å². The molecule has 3 aromatic heterocycles. The zero-order chi connectivity index (χ0) is 27.5. The van der Waals surface area contributed by atoms with E-state index in [2.05, 4.69) is 32.4 Å². The Morgan fingerprint density at radius 1 is 1.10 bits per heavy atom. The predicted octanol–water partition coefficient (Wildman–Crippen LogP) is 2.59. The lowest BCUT2D eigenvalue weighted by molar-refractivity contribution is -0.118. The number of aromatic nitrogens is 4. The van der Waals surface area contributed by atoms with E-state index in [9.17, 15) is 14.4 Å². The number of hydrogen-bond acceptors (Lipinski definition) is 6. The molecule has 39 heavy (non-hydrogen) atoms. The molecule has 2 aromatic carbocycles. The summed E-state index contributed by atoms with van der Waals surface area (Å²) < 4.78 is 3.18. The van der Waals surface area contributed by atoms with Crippen LogP contribution in [0.15, 0.2) is 78.1 Å². The third-order valence-corrected chi connectivity index (χ3v) is 6.23. The smallest absolute Gasteiger partial charge is 0.264 e. The lowest BCUT2D eigenvalue weighted by Crippen LogP contribution is -2.33. The van der Waals surface area contributed by atoms with Crippen molar-refractivity contribution >= 4 is 34.1 Å². The molecule has 5 rings (SSSR count). The predicted molar refractivity (Wildman–Crippen MR) is 148 cm³/mol. The molecule has 0 fully saturated rings. The van der Waals surface area contributed by atoms with Gasteiger partial charge in [-0.1, -0.05) is 42.2 Å². The second-order valence-electron chi connectivity index (χ2n) is 8.88. The number of benzene rings is 2. The van der Waals surface area contributed by atoms with E-state index >= 15 is 0 Å². The third-order valence-electron chi connectivity index (χ3n) is 6.23. The molecule has 2 amide bonds. The van der Waals surface area contributed by atoms with E-state index < -0.39 is 11.9 Å². The van der Waals surface area contributed by atoms with Crippen LogP contribution in [0.1, 0.15) is 41.5 Å². The SMILES string of the molecule is CC(=O)NCC#Cc1cccc2cc([C@H](C)NC(=O)c3c(N)ncn4ccnc34)n(-c3ccccc3)c(=O)c12. The van der Waals surface area contributed by atoms with Gasteiger partial charge >= 0.3 is 0 Å². The Kier molecular flexibility index (Phi) is 6.80. The summed E-state index contributed by atoms with van der Waals surface area (Å²) in [7, 11) is 0. The van der Waals surface area contributed by atoms with Crippen LogP contribution in [0.3, 0.4) is 0 Å². The van der Waals surface area contributed by atoms with Crippen molar-refractivity contribution in [2.24, 2.45) is 0 Å². The monoisotopic (exact) mass is 519 g/mol. The Morgan fingerprint density at radius 3 is 2.67 bits per heavy atom. The Labute approximate surface area is 223 Å². The van der Waals surface area contributed by atoms with Crippen molar-refractivity contribution in [3.05, 3.63) is 100 Å². The summed E-state index contributed by atoms with van der Waals surface area (Å²) in [6, 6.07) is 15.9. The summed E-state index contributed by atoms with van der Waals surface area (Å²) in [5, 5.41) is 6.71. The number of hydrogen-bond donors (Lipinski definition) is 3. The summed E-state index contributed by atoms with van der Waals surface area (Å²) in [6.45, 7) is 3.38. The molecule has 0 saturated carbocycles. The Morgan fingerprint density at radius 2 is 1.90 bits per heavy atom. The summed E-state index contributed by atoms with van der Waals surface area (Å²) in [6.07, 6.45) is 4.73. The molecular formula is C29H25N7O3. The lowest BCUT2D eigenvalue weighted by atomic mass is 10.0. The minimum Gasteiger partial charge on any atom is -0.383 e. The fraction of sp³-hybridized carbons (Fsp3) is 0.138. The van der Waals surface area contributed by atoms with E-state index in [1.165, 1.54) is 13.3 Å². The molecule has 3 heterocycles. The van der Waals surface area contributed by atoms with Crippen LogP contribution in [0, 0.1) is 11.8 Å². The van der Waals surface area contributed by atoms with E-state index in [-0.39, 0.29) is 29.4 Å². The van der Waals surface area contributed by atoms with Gasteiger partial charge < -0.3 is 16.4 Å². The molecule has 10 heteroatoms. The van der Waals surface area contributed by atoms with E-state index in [0.717, 1.165) is 0 Å². The van der Waals surface area contributed by atoms with Crippen molar-refractivity contribution in [3.8, 4) is 17.5 Å². The highest BCUT2D eigenvalue weighted by Gasteiger charge is 2.23. The highest BCUT2D eigenvalue weighted by atomic mass is 16.2. The van der Waals surface area contributed by atoms with Gasteiger partial charge in [-0.25, -0.2) is 9.97 Å². The Balaban J connectivity index is 1.62. The number of nitrogens with zero attached hydrogens (tertiary/aromatic N) is 4. The summed E-state index contributed by atoms with van der Waals surface area (Å²) in [5.41, 5.74) is 8.05. The number of para-hydroxylation sites is 1. The van der Waals surface area contributed by atoms with Gasteiger partial charge in [0.25, 0.3) is 11.5 Å². The van der Waals surface area contributed by atoms with Crippen molar-refractivity contribution < 1.29 is 9.59 Å². The van der Waals surface area contributed by atoms with Gasteiger partial charge in [-0.15, -0.1) is 0 Å². The van der Waals surface area contributed by atoms with Gasteiger partial charge in [0.1, 0.15) is 17.7 Å². The third kappa shape index (κ3) is 4.93. The number of fused-ring (bicyclic) bond motifs is 2. The topological polar surface area (TPSA) is 136 Å². The van der Waals surface area contributed by atoms with Gasteiger partial charge in [0.05, 0.1) is 18.0 Å². The standard InChI is InChI=1S/C29H25N7O3/c1-18(34-28(38)25-26(30)33-17-35-15-14-32-27(25)35)23-16-21-9-6-8-20(10-7-13-31-19(2)37)24(21)29(39)36(23)22-11-4-3-5-12-22/h3-6,8-9,11-12,14-18H,13,30H2,1-2H3,(H,31,37)(H,34,38)/t18-/m0/s1. The van der Waals surface area contributed by atoms with Crippen molar-refractivity contribution in [2.75, 3.05) is 12.3 Å². The number of nitrogens with one attached hydrogen (secondary N) is 2. The number of amides is 2. The van der Waals surface area contributed by atoms with Gasteiger partial charge in [-0.05, 0) is 36.6 Å². The molecule has 10 nitrogen and oxygen atoms in total. The highest BCUT2D eigenvalue weighted by Crippen LogP contribution is 2.24. The molecule has 0 aliphatic rings. The zero-order valence-electron chi connectivity index (χ0n) is 21.3. The maximum atomic E-state index is 14.0. The average Bonchev–Trinajstić information content (AvgIpc) is 3.39. The average molecular weight is 520 g/mol. The second-order valence-corrected chi connectivity index (χ2v) is 8.88. The zero-order valence-corrected chi connectivity index (χ0v) is 21.3. The minimum atomic E-state index is -0.598. The summed E-state index contributed by atoms with van der Waals surface area (Å²) in [5.74, 6) is 5.31. The Hall–Kier alpha value is -5.43. The number of carbonyl (C=O) groups is 2. The van der Waals surface area contributed by atoms with Crippen LogP contribution in [0.25, 0.3) is 22.1 Å². The van der Waals surface area contributed by atoms with Gasteiger partial charge in [-0.2, -0.15) is 0 Å². The maximum Gasteiger partial charge on any atom is 0.264 e. The Bertz CT molecular complexity index is 1850. The fourth-order valence-corrected chi connectivity index (χ4v) is 4.42. The van der Waals surface area contributed by atoms with Crippen LogP contribution in [0.5, 0.6) is 0 Å². The fourth-order valence-electron chi connectivity index (χ4n) is 4.42. The number of nitrogen functional groups attached to an aromatic ring is 1. The minimum absolute atomic E-state index is 0.0554. The second kappa shape index (κ2) is 10.5. The summed E-state index contributed by atoms with van der Waals surface area (Å²) in [4.78, 5) is 46.9. The molecule has 4 N–H and O–H groups in total. The highest BCUT2D eigenvalue weighted by molar-refractivity contribution is 6.04. The number of carbonyl (C=O) groups excluding carboxylic acids is 2. The van der Waals surface area contributed by atoms with Crippen LogP contribution in [-0.4, -0.2) is 37.3 Å². The van der Waals surface area contributed by atoms with Crippen molar-refractivity contribution in [1.82, 2.24) is 29.6 Å². The van der Waals surface area contributed by atoms with Crippen molar-refractivity contribution in [3.63, 3.8) is 0 Å². The molecule has 1 atom stereocenters. The molecule has 0 aliphatic carbocycles. The largest absolute Gasteiger partial charge is 0.383 e. The maximum absolute atomic E-state index is 14.0. The van der Waals surface area contributed by atoms with E-state index in [1.807, 2.05) is 48.5 Å². The van der Waals surface area contributed by atoms with Crippen LogP contribution >= 0.6 is 0 Å². The first-order valence-electron chi connectivity index (χ1n) is 12.2. The van der Waals surface area contributed by atoms with E-state index in [0.29, 0.717) is 33.4 Å². The molecule has 0 unspecified atom stereocenters. The molecule has 194 valence electrons. The molecule has 0 bridgehead atoms. The van der Waals surface area contributed by atoms with E-state index in [1.54, 1.807) is 34.4 Å². The van der Waals surface area contributed by atoms with Crippen LogP contribution in [0.2, 0.25) is 0 Å². The quantitative estimate of drug-likeness (QED) is 0.305. The number of pyridine rings is 1. The molecule has 0 aliphatic heterocycles. The van der Waals surface area contributed by atoms with Crippen molar-refractivity contribution in [2.45, 2.75) is 19.9 Å². The first kappa shape index (κ1) is 25.2. The number of nitrogens with two attached hydrogens (primary N) is 1. The van der Waals surface area contributed by atoms with Crippen LogP contribution in [0.4, 0.5) is 5.82 Å². The van der Waals surface area contributed by atoms with Gasteiger partial charge in [-0.3, -0.25) is 23.4 Å². The normalized spacial score (nSPS) is 11.5. The van der Waals surface area contributed by atoms with Gasteiger partial charge in [0, 0.05) is 36.3 Å². The number of imidazole rings is 1. The first-order valence-corrected chi connectivity index (χ1v) is 12.2. The first-order chi connectivity index (χ1) is 18.8.